The molecule has 1 aromatic carbocycles. The van der Waals surface area contributed by atoms with E-state index >= 15 is 0 Å². The van der Waals surface area contributed by atoms with Crippen molar-refractivity contribution >= 4 is 27.9 Å². The third-order valence-electron chi connectivity index (χ3n) is 4.25. The van der Waals surface area contributed by atoms with Crippen LogP contribution in [0.3, 0.4) is 0 Å². The van der Waals surface area contributed by atoms with Crippen molar-refractivity contribution in [2.75, 3.05) is 24.7 Å². The molecule has 1 saturated heterocycles. The van der Waals surface area contributed by atoms with Crippen molar-refractivity contribution in [3.05, 3.63) is 30.6 Å². The van der Waals surface area contributed by atoms with Gasteiger partial charge in [-0.05, 0) is 25.5 Å². The molecule has 6 heteroatoms. The lowest BCUT2D eigenvalue weighted by atomic mass is 10.1. The van der Waals surface area contributed by atoms with Gasteiger partial charge in [-0.2, -0.15) is 0 Å². The molecule has 1 aliphatic rings. The molecular weight excluding hydrogens is 294 g/mol. The van der Waals surface area contributed by atoms with Crippen molar-refractivity contribution in [2.45, 2.75) is 25.5 Å². The highest BCUT2D eigenvalue weighted by molar-refractivity contribution is 6.05. The third-order valence-corrected chi connectivity index (χ3v) is 4.25. The van der Waals surface area contributed by atoms with Crippen molar-refractivity contribution in [3.8, 4) is 0 Å². The number of hydrogen-bond acceptors (Lipinski definition) is 6. The van der Waals surface area contributed by atoms with Crippen LogP contribution < -0.4 is 4.90 Å². The number of benzene rings is 1. The molecule has 4 rings (SSSR count). The van der Waals surface area contributed by atoms with Gasteiger partial charge in [-0.15, -0.1) is 0 Å². The van der Waals surface area contributed by atoms with E-state index in [1.54, 1.807) is 13.3 Å². The normalized spacial score (nSPS) is 20.3. The Morgan fingerprint density at radius 2 is 2.22 bits per heavy atom. The van der Waals surface area contributed by atoms with Gasteiger partial charge in [0.05, 0.1) is 25.4 Å². The van der Waals surface area contributed by atoms with E-state index in [-0.39, 0.29) is 6.04 Å². The molecule has 1 N–H and O–H groups in total. The molecule has 0 saturated carbocycles. The second-order valence-corrected chi connectivity index (χ2v) is 5.98. The fourth-order valence-electron chi connectivity index (χ4n) is 3.24. The van der Waals surface area contributed by atoms with E-state index in [0.29, 0.717) is 25.2 Å². The van der Waals surface area contributed by atoms with Gasteiger partial charge in [0.2, 0.25) is 0 Å². The molecule has 120 valence electrons. The van der Waals surface area contributed by atoms with E-state index in [0.717, 1.165) is 28.8 Å². The molecule has 0 amide bonds. The van der Waals surface area contributed by atoms with Gasteiger partial charge in [0.25, 0.3) is 0 Å². The average molecular weight is 313 g/mol. The molecule has 2 atom stereocenters. The number of aliphatic hydroxyl groups excluding tert-OH is 1. The van der Waals surface area contributed by atoms with Crippen molar-refractivity contribution in [2.24, 2.45) is 0 Å². The van der Waals surface area contributed by atoms with Gasteiger partial charge in [0, 0.05) is 11.9 Å². The zero-order chi connectivity index (χ0) is 15.8. The first-order chi connectivity index (χ1) is 11.2. The van der Waals surface area contributed by atoms with Crippen LogP contribution in [0.1, 0.15) is 13.3 Å². The zero-order valence-electron chi connectivity index (χ0n) is 13.0. The standard InChI is InChI=1S/C17H19N3O3/c1-11(21)8-12-9-22-7-6-20(12)17-16-15(18-10-19-17)13-4-2-3-5-14(13)23-16/h2-5,10-12,21H,6-9H2,1H3. The number of furan rings is 1. The summed E-state index contributed by atoms with van der Waals surface area (Å²) in [5.74, 6) is 0.778. The summed E-state index contributed by atoms with van der Waals surface area (Å²) in [5, 5.41) is 10.8. The minimum Gasteiger partial charge on any atom is -0.450 e. The van der Waals surface area contributed by atoms with Gasteiger partial charge in [-0.3, -0.25) is 0 Å². The number of rotatable bonds is 3. The quantitative estimate of drug-likeness (QED) is 0.800. The van der Waals surface area contributed by atoms with Gasteiger partial charge in [-0.1, -0.05) is 12.1 Å². The summed E-state index contributed by atoms with van der Waals surface area (Å²) in [7, 11) is 0. The highest BCUT2D eigenvalue weighted by Crippen LogP contribution is 2.33. The molecule has 3 heterocycles. The Balaban J connectivity index is 1.83. The maximum absolute atomic E-state index is 9.76. The maximum Gasteiger partial charge on any atom is 0.196 e. The molecule has 1 aliphatic heterocycles. The number of para-hydroxylation sites is 1. The molecule has 6 nitrogen and oxygen atoms in total. The number of hydrogen-bond donors (Lipinski definition) is 1. The Hall–Kier alpha value is -2.18. The summed E-state index contributed by atoms with van der Waals surface area (Å²) in [4.78, 5) is 11.0. The Labute approximate surface area is 133 Å². The monoisotopic (exact) mass is 313 g/mol. The summed E-state index contributed by atoms with van der Waals surface area (Å²) < 4.78 is 11.6. The Morgan fingerprint density at radius 1 is 1.35 bits per heavy atom. The first-order valence-corrected chi connectivity index (χ1v) is 7.88. The molecule has 2 unspecified atom stereocenters. The van der Waals surface area contributed by atoms with Crippen LogP contribution in [-0.4, -0.2) is 47.0 Å². The topological polar surface area (TPSA) is 71.6 Å². The number of aliphatic hydroxyl groups is 1. The van der Waals surface area contributed by atoms with Gasteiger partial charge in [0.15, 0.2) is 11.4 Å². The second-order valence-electron chi connectivity index (χ2n) is 5.98. The minimum atomic E-state index is -0.391. The molecule has 3 aromatic rings. The predicted molar refractivity (Wildman–Crippen MR) is 87.6 cm³/mol. The van der Waals surface area contributed by atoms with Gasteiger partial charge < -0.3 is 19.2 Å². The summed E-state index contributed by atoms with van der Waals surface area (Å²) in [6, 6.07) is 7.94. The van der Waals surface area contributed by atoms with Crippen LogP contribution in [0.2, 0.25) is 0 Å². The highest BCUT2D eigenvalue weighted by Gasteiger charge is 2.28. The third kappa shape index (κ3) is 2.54. The van der Waals surface area contributed by atoms with Gasteiger partial charge in [-0.25, -0.2) is 9.97 Å². The molecule has 23 heavy (non-hydrogen) atoms. The maximum atomic E-state index is 9.76. The van der Waals surface area contributed by atoms with E-state index in [2.05, 4.69) is 14.9 Å². The van der Waals surface area contributed by atoms with Crippen LogP contribution in [-0.2, 0) is 4.74 Å². The molecule has 1 fully saturated rings. The van der Waals surface area contributed by atoms with E-state index in [9.17, 15) is 5.11 Å². The van der Waals surface area contributed by atoms with Crippen molar-refractivity contribution in [1.82, 2.24) is 9.97 Å². The lowest BCUT2D eigenvalue weighted by molar-refractivity contribution is 0.0718. The van der Waals surface area contributed by atoms with Gasteiger partial charge >= 0.3 is 0 Å². The number of morpholine rings is 1. The molecule has 0 aliphatic carbocycles. The molecular formula is C17H19N3O3. The second kappa shape index (κ2) is 5.79. The van der Waals surface area contributed by atoms with E-state index < -0.39 is 6.10 Å². The molecule has 0 radical (unpaired) electrons. The number of nitrogens with zero attached hydrogens (tertiary/aromatic N) is 3. The summed E-state index contributed by atoms with van der Waals surface area (Å²) in [6.45, 7) is 3.74. The van der Waals surface area contributed by atoms with Crippen LogP contribution in [0.5, 0.6) is 0 Å². The fraction of sp³-hybridized carbons (Fsp3) is 0.412. The van der Waals surface area contributed by atoms with E-state index in [1.807, 2.05) is 24.3 Å². The van der Waals surface area contributed by atoms with Crippen LogP contribution in [0.15, 0.2) is 35.0 Å². The lowest BCUT2D eigenvalue weighted by Crippen LogP contribution is -2.47. The Morgan fingerprint density at radius 3 is 3.09 bits per heavy atom. The summed E-state index contributed by atoms with van der Waals surface area (Å²) >= 11 is 0. The van der Waals surface area contributed by atoms with Crippen molar-refractivity contribution in [1.29, 1.82) is 0 Å². The fourth-order valence-corrected chi connectivity index (χ4v) is 3.24. The van der Waals surface area contributed by atoms with Crippen LogP contribution in [0.4, 0.5) is 5.82 Å². The molecule has 2 aromatic heterocycles. The number of aromatic nitrogens is 2. The predicted octanol–water partition coefficient (Wildman–Crippen LogP) is 2.35. The molecule has 0 bridgehead atoms. The van der Waals surface area contributed by atoms with Crippen molar-refractivity contribution < 1.29 is 14.3 Å². The van der Waals surface area contributed by atoms with Crippen LogP contribution in [0.25, 0.3) is 22.1 Å². The first-order valence-electron chi connectivity index (χ1n) is 7.88. The Bertz CT molecular complexity index is 830. The first kappa shape index (κ1) is 14.4. The lowest BCUT2D eigenvalue weighted by Gasteiger charge is -2.36. The van der Waals surface area contributed by atoms with E-state index in [1.165, 1.54) is 0 Å². The number of ether oxygens (including phenoxy) is 1. The zero-order valence-corrected chi connectivity index (χ0v) is 13.0. The number of anilines is 1. The largest absolute Gasteiger partial charge is 0.450 e. The van der Waals surface area contributed by atoms with Gasteiger partial charge in [0.1, 0.15) is 17.4 Å². The number of fused-ring (bicyclic) bond motifs is 3. The average Bonchev–Trinajstić information content (AvgIpc) is 2.94. The SMILES string of the molecule is CC(O)CC1COCCN1c1ncnc2c1oc1ccccc12. The minimum absolute atomic E-state index is 0.0788. The smallest absolute Gasteiger partial charge is 0.196 e. The van der Waals surface area contributed by atoms with Crippen LogP contribution in [0, 0.1) is 0 Å². The highest BCUT2D eigenvalue weighted by atomic mass is 16.5. The van der Waals surface area contributed by atoms with Crippen molar-refractivity contribution in [3.63, 3.8) is 0 Å². The Kier molecular flexibility index (Phi) is 3.63. The summed E-state index contributed by atoms with van der Waals surface area (Å²) in [5.41, 5.74) is 2.34. The van der Waals surface area contributed by atoms with Crippen LogP contribution >= 0.6 is 0 Å². The van der Waals surface area contributed by atoms with E-state index in [4.69, 9.17) is 9.15 Å². The molecule has 0 spiro atoms. The summed E-state index contributed by atoms with van der Waals surface area (Å²) in [6.07, 6.45) is 1.82.